The quantitative estimate of drug-likeness (QED) is 0.00883. The van der Waals surface area contributed by atoms with Crippen molar-refractivity contribution in [3.05, 3.63) is 90.3 Å². The van der Waals surface area contributed by atoms with Gasteiger partial charge in [0.25, 0.3) is 0 Å². The van der Waals surface area contributed by atoms with Gasteiger partial charge in [-0.05, 0) is 73.7 Å². The highest BCUT2D eigenvalue weighted by Gasteiger charge is 2.15. The summed E-state index contributed by atoms with van der Waals surface area (Å²) in [5.74, 6) is 1.72. The van der Waals surface area contributed by atoms with Gasteiger partial charge in [-0.1, -0.05) is 62.6 Å². The maximum atomic E-state index is 13.6. The second-order valence-corrected chi connectivity index (χ2v) is 19.8. The predicted molar refractivity (Wildman–Crippen MR) is 334 cm³/mol. The van der Waals surface area contributed by atoms with Gasteiger partial charge in [-0.25, -0.2) is 24.0 Å². The van der Waals surface area contributed by atoms with Gasteiger partial charge in [0.1, 0.15) is 44.6 Å². The van der Waals surface area contributed by atoms with Crippen LogP contribution in [0, 0.1) is 5.41 Å². The molecule has 1 fully saturated rings. The van der Waals surface area contributed by atoms with E-state index >= 15 is 0 Å². The first-order valence-electron chi connectivity index (χ1n) is 30.1. The molecule has 26 nitrogen and oxygen atoms in total. The summed E-state index contributed by atoms with van der Waals surface area (Å²) in [5.41, 5.74) is 2.32. The maximum Gasteiger partial charge on any atom is 0.407 e. The lowest BCUT2D eigenvalue weighted by molar-refractivity contribution is 0.0276. The van der Waals surface area contributed by atoms with Crippen molar-refractivity contribution in [3.63, 3.8) is 0 Å². The van der Waals surface area contributed by atoms with Crippen molar-refractivity contribution in [1.29, 1.82) is 5.41 Å². The Bertz CT molecular complexity index is 2510. The highest BCUT2D eigenvalue weighted by atomic mass is 35.5. The molecule has 6 amide bonds. The number of rotatable bonds is 48. The Balaban J connectivity index is 0.948. The number of nitrogens with zero attached hydrogens (tertiary/aromatic N) is 1. The molecule has 4 rings (SSSR count). The fraction of sp³-hybridized carbons (Fsp3) is 0.574. The highest BCUT2D eigenvalue weighted by Crippen LogP contribution is 2.32. The van der Waals surface area contributed by atoms with Crippen LogP contribution in [0.5, 0.6) is 5.75 Å². The zero-order valence-corrected chi connectivity index (χ0v) is 51.6. The van der Waals surface area contributed by atoms with Crippen LogP contribution in [0.2, 0.25) is 0 Å². The topological polar surface area (TPSA) is 307 Å². The third-order valence-corrected chi connectivity index (χ3v) is 12.7. The van der Waals surface area contributed by atoms with Crippen molar-refractivity contribution in [2.45, 2.75) is 58.4 Å². The summed E-state index contributed by atoms with van der Waals surface area (Å²) in [6.07, 6.45) is 8.72. The lowest BCUT2D eigenvalue weighted by Crippen LogP contribution is -2.38. The molecular formula is C61H92ClN9O17. The summed E-state index contributed by atoms with van der Waals surface area (Å²) in [7, 11) is 0. The van der Waals surface area contributed by atoms with Crippen LogP contribution >= 0.6 is 11.6 Å². The number of morpholine rings is 1. The number of urea groups is 1. The summed E-state index contributed by atoms with van der Waals surface area (Å²) in [4.78, 5) is 63.9. The zero-order chi connectivity index (χ0) is 62.8. The summed E-state index contributed by atoms with van der Waals surface area (Å²) in [6.45, 7) is 11.3. The van der Waals surface area contributed by atoms with Crippen LogP contribution in [0.3, 0.4) is 0 Å². The van der Waals surface area contributed by atoms with Gasteiger partial charge in [0.15, 0.2) is 0 Å². The smallest absolute Gasteiger partial charge is 0.407 e. The second-order valence-electron chi connectivity index (χ2n) is 19.4. The number of carbonyl (C=O) groups excluding carboxylic acids is 5. The van der Waals surface area contributed by atoms with Crippen LogP contribution in [0.1, 0.15) is 57.4 Å². The Labute approximate surface area is 521 Å². The number of alkyl carbamates (subject to hydrolysis) is 4. The van der Waals surface area contributed by atoms with E-state index in [2.05, 4.69) is 49.0 Å². The third-order valence-electron chi connectivity index (χ3n) is 12.5. The highest BCUT2D eigenvalue weighted by molar-refractivity contribution is 6.17. The summed E-state index contributed by atoms with van der Waals surface area (Å²) >= 11 is 5.66. The van der Waals surface area contributed by atoms with Gasteiger partial charge >= 0.3 is 30.4 Å². The molecule has 0 spiro atoms. The van der Waals surface area contributed by atoms with Crippen LogP contribution in [0.4, 0.5) is 35.3 Å². The Morgan fingerprint density at radius 3 is 1.75 bits per heavy atom. The Morgan fingerprint density at radius 1 is 0.580 bits per heavy atom. The van der Waals surface area contributed by atoms with E-state index in [9.17, 15) is 24.0 Å². The predicted octanol–water partition coefficient (Wildman–Crippen LogP) is 7.70. The average molecular weight is 1260 g/mol. The number of unbranched alkanes of at least 4 members (excludes halogenated alkanes) is 4. The van der Waals surface area contributed by atoms with E-state index in [1.54, 1.807) is 6.08 Å². The molecule has 27 heteroatoms. The van der Waals surface area contributed by atoms with Gasteiger partial charge in [-0.15, -0.1) is 11.6 Å². The van der Waals surface area contributed by atoms with Crippen LogP contribution in [-0.4, -0.2) is 212 Å². The number of carbonyl (C=O) groups is 5. The monoisotopic (exact) mass is 1260 g/mol. The number of hydrogen-bond donors (Lipinski definition) is 8. The molecule has 3 aromatic rings. The Hall–Kier alpha value is -7.01. The number of amides is 6. The van der Waals surface area contributed by atoms with Crippen molar-refractivity contribution in [2.24, 2.45) is 0 Å². The average Bonchev–Trinajstić information content (AvgIpc) is 3.19. The SMILES string of the molecule is CCCCC(=N)/C=C(/NC(=O)Nc1ccc(OCCN2CCOCC2)c2ccccc12)Nc1cccc(CNC(=O)OCCOCCOCCNC(=O)OC/C=C\COC(=O)NCCOCCOCCOC(=O)NCCOCCOCCCCCCCl)c1. The lowest BCUT2D eigenvalue weighted by Gasteiger charge is -2.26. The molecule has 0 saturated carbocycles. The minimum absolute atomic E-state index is 0.00753. The molecule has 0 atom stereocenters. The van der Waals surface area contributed by atoms with Gasteiger partial charge in [0.2, 0.25) is 0 Å². The minimum atomic E-state index is -0.648. The summed E-state index contributed by atoms with van der Waals surface area (Å²) in [5, 5.41) is 29.8. The number of nitrogens with one attached hydrogen (secondary N) is 8. The molecule has 0 unspecified atom stereocenters. The molecule has 0 aromatic heterocycles. The first-order valence-corrected chi connectivity index (χ1v) is 30.6. The van der Waals surface area contributed by atoms with Gasteiger partial charge in [-0.2, -0.15) is 0 Å². The Morgan fingerprint density at radius 2 is 1.14 bits per heavy atom. The van der Waals surface area contributed by atoms with E-state index in [1.165, 1.54) is 12.2 Å². The number of fused-ring (bicyclic) bond motifs is 1. The van der Waals surface area contributed by atoms with Gasteiger partial charge in [0, 0.05) is 80.5 Å². The summed E-state index contributed by atoms with van der Waals surface area (Å²) in [6, 6.07) is 18.2. The standard InChI is InChI=1S/C61H92ClN9O17/c1-2-3-14-50(63)47-56(70-57(72)69-54-18-19-55(53-17-7-6-16-52(53)54)84-35-26-71-24-33-81-34-25-71)68-51-15-12-13-49(46-51)48-67-61(76)88-45-43-83-41-39-80-31-22-65-59(74)86-29-11-10-28-85-58(73)64-21-30-79-38-40-82-42-44-87-60(75)66-23-32-78-37-36-77-27-9-5-4-8-20-62/h6-7,10-13,15-19,46-47,63,68H,2-5,8-9,14,20-45,48H2,1H3,(H,64,73)(H,65,74)(H,66,75)(H,67,76)(H2,69,70,72)/b11-10-,56-47+,63-50?. The first kappa shape index (κ1) is 73.5. The minimum Gasteiger partial charge on any atom is -0.492 e. The number of hydrogen-bond acceptors (Lipinski definition) is 20. The van der Waals surface area contributed by atoms with Gasteiger partial charge in [-0.3, -0.25) is 10.2 Å². The molecule has 1 aliphatic heterocycles. The number of alkyl halides is 1. The molecule has 8 N–H and O–H groups in total. The number of halogens is 1. The van der Waals surface area contributed by atoms with Gasteiger partial charge in [0.05, 0.1) is 91.6 Å². The lowest BCUT2D eigenvalue weighted by atomic mass is 10.1. The molecule has 1 heterocycles. The molecular weight excluding hydrogens is 1170 g/mol. The van der Waals surface area contributed by atoms with E-state index in [4.69, 9.17) is 73.9 Å². The summed E-state index contributed by atoms with van der Waals surface area (Å²) < 4.78 is 64.7. The second kappa shape index (κ2) is 48.9. The molecule has 3 aromatic carbocycles. The number of allylic oxidation sites excluding steroid dienone is 1. The van der Waals surface area contributed by atoms with Crippen molar-refractivity contribution >= 4 is 69.9 Å². The molecule has 1 aliphatic rings. The fourth-order valence-electron chi connectivity index (χ4n) is 7.97. The van der Waals surface area contributed by atoms with Crippen molar-refractivity contribution < 1.29 is 80.8 Å². The van der Waals surface area contributed by atoms with E-state index in [0.717, 1.165) is 93.5 Å². The van der Waals surface area contributed by atoms with Crippen molar-refractivity contribution in [2.75, 3.05) is 181 Å². The van der Waals surface area contributed by atoms with Crippen LogP contribution in [0.25, 0.3) is 10.8 Å². The molecule has 0 aliphatic carbocycles. The first-order chi connectivity index (χ1) is 43.1. The van der Waals surface area contributed by atoms with E-state index in [-0.39, 0.29) is 98.9 Å². The molecule has 0 bridgehead atoms. The maximum absolute atomic E-state index is 13.6. The van der Waals surface area contributed by atoms with Gasteiger partial charge < -0.3 is 94.2 Å². The van der Waals surface area contributed by atoms with Crippen molar-refractivity contribution in [3.8, 4) is 5.75 Å². The number of ether oxygens (including phenoxy) is 12. The molecule has 0 radical (unpaired) electrons. The molecule has 490 valence electrons. The third kappa shape index (κ3) is 36.3. The van der Waals surface area contributed by atoms with E-state index < -0.39 is 30.4 Å². The zero-order valence-electron chi connectivity index (χ0n) is 50.8. The number of benzene rings is 3. The van der Waals surface area contributed by atoms with E-state index in [1.807, 2.05) is 60.7 Å². The molecule has 1 saturated heterocycles. The molecule has 88 heavy (non-hydrogen) atoms. The van der Waals surface area contributed by atoms with E-state index in [0.29, 0.717) is 74.8 Å². The normalized spacial score (nSPS) is 12.5. The van der Waals surface area contributed by atoms with Crippen LogP contribution < -0.4 is 42.0 Å². The fourth-order valence-corrected chi connectivity index (χ4v) is 8.15. The van der Waals surface area contributed by atoms with Crippen LogP contribution in [-0.2, 0) is 58.7 Å². The number of anilines is 2. The van der Waals surface area contributed by atoms with Crippen molar-refractivity contribution in [1.82, 2.24) is 31.5 Å². The largest absolute Gasteiger partial charge is 0.492 e. The van der Waals surface area contributed by atoms with Crippen LogP contribution in [0.15, 0.2) is 84.7 Å². The Kier molecular flexibility index (Phi) is 40.8.